The number of hydrogen-bond donors (Lipinski definition) is 0. The monoisotopic (exact) mass is 964 g/mol. The van der Waals surface area contributed by atoms with Gasteiger partial charge in [0.05, 0.1) is 41.5 Å². The van der Waals surface area contributed by atoms with Gasteiger partial charge in [-0.3, -0.25) is 0 Å². The summed E-state index contributed by atoms with van der Waals surface area (Å²) in [4.78, 5) is 3.77. The van der Waals surface area contributed by atoms with Gasteiger partial charge >= 0.3 is 0 Å². The van der Waals surface area contributed by atoms with Gasteiger partial charge in [-0.05, 0) is 279 Å². The Labute approximate surface area is 441 Å². The normalized spacial score (nSPS) is 11.8. The molecular weight excluding hydrogens is 921 g/mol. The molecule has 12 aromatic rings. The Hall–Kier alpha value is -10.1. The molecule has 4 heteroatoms. The van der Waals surface area contributed by atoms with Crippen molar-refractivity contribution in [2.45, 2.75) is 41.5 Å². The molecule has 0 N–H and O–H groups in total. The first-order valence-corrected chi connectivity index (χ1v) is 25.7. The molecule has 2 aliphatic rings. The van der Waals surface area contributed by atoms with Crippen LogP contribution in [0.15, 0.2) is 158 Å². The average molecular weight is 965 g/mol. The van der Waals surface area contributed by atoms with Crippen molar-refractivity contribution in [1.82, 2.24) is 0 Å². The Bertz CT molecular complexity index is 4560. The molecule has 0 fully saturated rings. The van der Waals surface area contributed by atoms with E-state index >= 15 is 0 Å². The molecule has 0 amide bonds. The van der Waals surface area contributed by atoms with Crippen molar-refractivity contribution in [3.8, 4) is 107 Å². The van der Waals surface area contributed by atoms with E-state index in [-0.39, 0.29) is 0 Å². The van der Waals surface area contributed by atoms with E-state index in [4.69, 9.17) is 6.57 Å². The van der Waals surface area contributed by atoms with Crippen LogP contribution in [0.4, 0.5) is 5.69 Å². The second-order valence-electron chi connectivity index (χ2n) is 21.1. The molecule has 4 nitrogen and oxygen atoms in total. The van der Waals surface area contributed by atoms with E-state index in [0.29, 0.717) is 22.4 Å². The highest BCUT2D eigenvalue weighted by Gasteiger charge is 2.29. The maximum atomic E-state index is 10.1. The van der Waals surface area contributed by atoms with Crippen LogP contribution in [0.2, 0.25) is 0 Å². The first-order chi connectivity index (χ1) is 37.0. The van der Waals surface area contributed by atoms with Gasteiger partial charge in [0.25, 0.3) is 0 Å². The van der Waals surface area contributed by atoms with E-state index in [2.05, 4.69) is 174 Å². The summed E-state index contributed by atoms with van der Waals surface area (Å²) in [5.41, 5.74) is 27.6. The third-order valence-corrected chi connectivity index (χ3v) is 16.7. The van der Waals surface area contributed by atoms with E-state index in [0.717, 1.165) is 99.1 Å². The highest BCUT2D eigenvalue weighted by Crippen LogP contribution is 2.56. The molecule has 0 spiro atoms. The summed E-state index contributed by atoms with van der Waals surface area (Å²) in [6.07, 6.45) is 0. The lowest BCUT2D eigenvalue weighted by molar-refractivity contribution is 1.35. The van der Waals surface area contributed by atoms with Gasteiger partial charge in [-0.25, -0.2) is 4.85 Å². The number of rotatable bonds is 4. The van der Waals surface area contributed by atoms with Crippen molar-refractivity contribution < 1.29 is 0 Å². The zero-order chi connectivity index (χ0) is 52.0. The Kier molecular flexibility index (Phi) is 9.50. The predicted molar refractivity (Wildman–Crippen MR) is 313 cm³/mol. The van der Waals surface area contributed by atoms with E-state index in [1.54, 1.807) is 0 Å². The maximum absolute atomic E-state index is 10.1. The van der Waals surface area contributed by atoms with Crippen LogP contribution in [0.1, 0.15) is 50.1 Å². The van der Waals surface area contributed by atoms with Gasteiger partial charge in [0.15, 0.2) is 5.69 Å². The molecule has 14 rings (SSSR count). The lowest BCUT2D eigenvalue weighted by atomic mass is 9.83. The first kappa shape index (κ1) is 44.6. The number of fused-ring (bicyclic) bond motifs is 11. The SMILES string of the molecule is [C-]#[N+]c1cc(C)c(-c2ccc3c4c(cccc24)-c2cc4c(cc2-3)c(-c2ccc(C#N)cc2C)cc2c3cc5c(cc3c(-c3ccc(C#N)cc3C)cc42)-c2ccc(-c3c(C)cc(C#N)cc3C)c3cccc-5c23)c(C)c1. The van der Waals surface area contributed by atoms with E-state index in [9.17, 15) is 15.8 Å². The Morgan fingerprint density at radius 3 is 1.01 bits per heavy atom. The fourth-order valence-electron chi connectivity index (χ4n) is 13.6. The summed E-state index contributed by atoms with van der Waals surface area (Å²) >= 11 is 0. The second kappa shape index (κ2) is 16.2. The van der Waals surface area contributed by atoms with Crippen molar-refractivity contribution in [3.63, 3.8) is 0 Å². The van der Waals surface area contributed by atoms with Crippen LogP contribution in [-0.2, 0) is 0 Å². The number of hydrogen-bond acceptors (Lipinski definition) is 3. The Morgan fingerprint density at radius 1 is 0.289 bits per heavy atom. The van der Waals surface area contributed by atoms with Crippen LogP contribution < -0.4 is 0 Å². The quantitative estimate of drug-likeness (QED) is 0.130. The fourth-order valence-corrected chi connectivity index (χ4v) is 13.6. The lowest BCUT2D eigenvalue weighted by Crippen LogP contribution is -1.94. The van der Waals surface area contributed by atoms with Gasteiger partial charge in [-0.2, -0.15) is 15.8 Å². The topological polar surface area (TPSA) is 75.7 Å². The van der Waals surface area contributed by atoms with Gasteiger partial charge in [0.2, 0.25) is 0 Å². The van der Waals surface area contributed by atoms with Crippen LogP contribution >= 0.6 is 0 Å². The van der Waals surface area contributed by atoms with E-state index in [1.165, 1.54) is 77.2 Å². The van der Waals surface area contributed by atoms with Crippen molar-refractivity contribution in [2.75, 3.05) is 0 Å². The number of nitrogens with zero attached hydrogens (tertiary/aromatic N) is 4. The summed E-state index contributed by atoms with van der Waals surface area (Å²) in [5.74, 6) is 0. The molecule has 0 unspecified atom stereocenters. The maximum Gasteiger partial charge on any atom is 0.187 e. The smallest absolute Gasteiger partial charge is 0.187 e. The first-order valence-electron chi connectivity index (χ1n) is 25.7. The zero-order valence-electron chi connectivity index (χ0n) is 42.8. The Morgan fingerprint density at radius 2 is 0.618 bits per heavy atom. The minimum atomic E-state index is 0.629. The lowest BCUT2D eigenvalue weighted by Gasteiger charge is -2.20. The highest BCUT2D eigenvalue weighted by atomic mass is 14.6. The number of nitriles is 3. The van der Waals surface area contributed by atoms with Crippen molar-refractivity contribution in [1.29, 1.82) is 15.8 Å². The summed E-state index contributed by atoms with van der Waals surface area (Å²) in [7, 11) is 0. The van der Waals surface area contributed by atoms with Gasteiger partial charge in [0.1, 0.15) is 0 Å². The predicted octanol–water partition coefficient (Wildman–Crippen LogP) is 19.4. The molecule has 352 valence electrons. The van der Waals surface area contributed by atoms with Crippen molar-refractivity contribution >= 4 is 59.5 Å². The van der Waals surface area contributed by atoms with Crippen molar-refractivity contribution in [2.24, 2.45) is 0 Å². The van der Waals surface area contributed by atoms with Gasteiger partial charge in [-0.15, -0.1) is 0 Å². The Balaban J connectivity index is 1.09. The summed E-state index contributed by atoms with van der Waals surface area (Å²) < 4.78 is 0. The summed E-state index contributed by atoms with van der Waals surface area (Å²) in [5, 5.41) is 41.6. The molecule has 0 atom stereocenters. The molecule has 0 aromatic heterocycles. The molecule has 76 heavy (non-hydrogen) atoms. The summed E-state index contributed by atoms with van der Waals surface area (Å²) in [6.45, 7) is 20.4. The van der Waals surface area contributed by atoms with Crippen LogP contribution in [0.3, 0.4) is 0 Å². The molecule has 0 radical (unpaired) electrons. The molecule has 2 aliphatic carbocycles. The van der Waals surface area contributed by atoms with Crippen molar-refractivity contribution in [3.05, 3.63) is 219 Å². The fraction of sp³-hybridized carbons (Fsp3) is 0.0833. The molecule has 12 aromatic carbocycles. The second-order valence-corrected chi connectivity index (χ2v) is 21.1. The number of aryl methyl sites for hydroxylation is 6. The van der Waals surface area contributed by atoms with Crippen LogP contribution in [0, 0.1) is 82.1 Å². The van der Waals surface area contributed by atoms with E-state index < -0.39 is 0 Å². The molecular formula is C72H44N4. The van der Waals surface area contributed by atoms with Crippen LogP contribution in [0.25, 0.3) is 148 Å². The summed E-state index contributed by atoms with van der Waals surface area (Å²) in [6, 6.07) is 64.2. The van der Waals surface area contributed by atoms with Gasteiger partial charge in [0, 0.05) is 0 Å². The zero-order valence-corrected chi connectivity index (χ0v) is 42.8. The van der Waals surface area contributed by atoms with Gasteiger partial charge in [-0.1, -0.05) is 96.1 Å². The molecule has 0 bridgehead atoms. The molecule has 0 heterocycles. The standard InChI is InChI=1S/C72H44N4/c1-37-22-43(34-73)14-16-47(37)57-28-66-65(67-30-59-51-12-8-10-49-53(69-39(3)24-45(36-75)25-40(69)4)18-20-55(71(49)51)61(59)32-63(57)67)29-58(48-17-15-44(35-74)23-38(48)2)64-33-62-56-21-19-54(70-41(5)26-46(76-7)27-42(70)6)50-11-9-13-52(72(50)56)60(62)31-68(64)66/h8-33H,1-6H3. The van der Waals surface area contributed by atoms with Crippen LogP contribution in [-0.4, -0.2) is 0 Å². The number of benzene rings is 12. The largest absolute Gasteiger partial charge is 0.238 e. The highest BCUT2D eigenvalue weighted by molar-refractivity contribution is 6.30. The average Bonchev–Trinajstić information content (AvgIpc) is 4.13. The molecule has 0 aliphatic heterocycles. The molecule has 0 saturated heterocycles. The molecule has 0 saturated carbocycles. The minimum absolute atomic E-state index is 0.629. The third kappa shape index (κ3) is 6.20. The third-order valence-electron chi connectivity index (χ3n) is 16.7. The minimum Gasteiger partial charge on any atom is -0.238 e. The van der Waals surface area contributed by atoms with Crippen LogP contribution in [0.5, 0.6) is 0 Å². The van der Waals surface area contributed by atoms with Gasteiger partial charge < -0.3 is 0 Å². The van der Waals surface area contributed by atoms with E-state index in [1.807, 2.05) is 48.5 Å².